The Morgan fingerprint density at radius 3 is 2.63 bits per heavy atom. The second-order valence-electron chi connectivity index (χ2n) is 5.86. The third-order valence-corrected chi connectivity index (χ3v) is 3.82. The minimum atomic E-state index is -0.517. The first kappa shape index (κ1) is 18.1. The van der Waals surface area contributed by atoms with Crippen LogP contribution in [0.15, 0.2) is 69.1 Å². The average molecular weight is 363 g/mol. The van der Waals surface area contributed by atoms with E-state index in [9.17, 15) is 14.4 Å². The summed E-state index contributed by atoms with van der Waals surface area (Å²) in [6.07, 6.45) is 2.48. The Morgan fingerprint density at radius 2 is 1.85 bits per heavy atom. The zero-order valence-electron chi connectivity index (χ0n) is 14.6. The van der Waals surface area contributed by atoms with Crippen molar-refractivity contribution in [1.82, 2.24) is 10.7 Å². The maximum atomic E-state index is 12.3. The molecule has 0 bridgehead atoms. The van der Waals surface area contributed by atoms with Crippen molar-refractivity contribution in [2.24, 2.45) is 5.10 Å². The molecule has 2 aromatic carbocycles. The standard InChI is InChI=1S/C20H17N3O4/c1-13-6-8-14(9-7-13)20(26)21-11-18(24)23-22-10-15-12-27-17-5-3-2-4-16(17)19(15)25/h2-10,12H,11H2,1H3,(H,21,26)(H,23,24)/b22-10+. The van der Waals surface area contributed by atoms with Crippen molar-refractivity contribution < 1.29 is 14.0 Å². The lowest BCUT2D eigenvalue weighted by atomic mass is 10.1. The van der Waals surface area contributed by atoms with Crippen LogP contribution in [0.4, 0.5) is 0 Å². The maximum absolute atomic E-state index is 12.3. The molecule has 0 aliphatic heterocycles. The summed E-state index contributed by atoms with van der Waals surface area (Å²) in [5.74, 6) is -0.874. The number of hydrogen-bond acceptors (Lipinski definition) is 5. The predicted molar refractivity (Wildman–Crippen MR) is 102 cm³/mol. The number of benzene rings is 2. The van der Waals surface area contributed by atoms with E-state index in [1.54, 1.807) is 36.4 Å². The molecule has 7 heteroatoms. The number of carbonyl (C=O) groups is 2. The molecule has 0 saturated carbocycles. The van der Waals surface area contributed by atoms with Crippen LogP contribution in [0.2, 0.25) is 0 Å². The van der Waals surface area contributed by atoms with Crippen LogP contribution in [0.25, 0.3) is 11.0 Å². The topological polar surface area (TPSA) is 101 Å². The first-order chi connectivity index (χ1) is 13.0. The van der Waals surface area contributed by atoms with Gasteiger partial charge in [0.25, 0.3) is 11.8 Å². The molecule has 3 aromatic rings. The van der Waals surface area contributed by atoms with Crippen LogP contribution in [0.3, 0.4) is 0 Å². The number of fused-ring (bicyclic) bond motifs is 1. The fourth-order valence-corrected chi connectivity index (χ4v) is 2.36. The Bertz CT molecular complexity index is 1070. The van der Waals surface area contributed by atoms with Gasteiger partial charge >= 0.3 is 0 Å². The monoisotopic (exact) mass is 363 g/mol. The van der Waals surface area contributed by atoms with Gasteiger partial charge in [-0.15, -0.1) is 0 Å². The van der Waals surface area contributed by atoms with Crippen LogP contribution >= 0.6 is 0 Å². The lowest BCUT2D eigenvalue weighted by Gasteiger charge is -2.04. The van der Waals surface area contributed by atoms with E-state index in [4.69, 9.17) is 4.42 Å². The van der Waals surface area contributed by atoms with Gasteiger partial charge in [0.15, 0.2) is 0 Å². The Balaban J connectivity index is 1.56. The molecule has 27 heavy (non-hydrogen) atoms. The van der Waals surface area contributed by atoms with Crippen LogP contribution in [0.5, 0.6) is 0 Å². The fourth-order valence-electron chi connectivity index (χ4n) is 2.36. The van der Waals surface area contributed by atoms with Gasteiger partial charge in [-0.25, -0.2) is 5.43 Å². The normalized spacial score (nSPS) is 10.9. The summed E-state index contributed by atoms with van der Waals surface area (Å²) in [4.78, 5) is 36.0. The molecule has 1 heterocycles. The van der Waals surface area contributed by atoms with Crippen LogP contribution in [0, 0.1) is 6.92 Å². The van der Waals surface area contributed by atoms with Gasteiger partial charge < -0.3 is 9.73 Å². The lowest BCUT2D eigenvalue weighted by Crippen LogP contribution is -2.35. The predicted octanol–water partition coefficient (Wildman–Crippen LogP) is 1.98. The lowest BCUT2D eigenvalue weighted by molar-refractivity contribution is -0.120. The average Bonchev–Trinajstić information content (AvgIpc) is 2.68. The number of hydrazone groups is 1. The summed E-state index contributed by atoms with van der Waals surface area (Å²) in [5.41, 5.74) is 4.19. The van der Waals surface area contributed by atoms with Crippen molar-refractivity contribution in [3.05, 3.63) is 81.7 Å². The molecule has 0 saturated heterocycles. The minimum Gasteiger partial charge on any atom is -0.463 e. The molecular formula is C20H17N3O4. The van der Waals surface area contributed by atoms with Crippen LogP contribution < -0.4 is 16.2 Å². The van der Waals surface area contributed by atoms with Crippen molar-refractivity contribution >= 4 is 29.0 Å². The zero-order chi connectivity index (χ0) is 19.2. The van der Waals surface area contributed by atoms with Crippen molar-refractivity contribution in [2.45, 2.75) is 6.92 Å². The van der Waals surface area contributed by atoms with Crippen LogP contribution in [0.1, 0.15) is 21.5 Å². The molecular weight excluding hydrogens is 346 g/mol. The molecule has 7 nitrogen and oxygen atoms in total. The van der Waals surface area contributed by atoms with Crippen molar-refractivity contribution in [3.63, 3.8) is 0 Å². The maximum Gasteiger partial charge on any atom is 0.259 e. The molecule has 2 N–H and O–H groups in total. The van der Waals surface area contributed by atoms with Crippen LogP contribution in [-0.2, 0) is 4.79 Å². The van der Waals surface area contributed by atoms with Crippen molar-refractivity contribution in [1.29, 1.82) is 0 Å². The molecule has 0 unspecified atom stereocenters. The Labute approximate surface area is 154 Å². The van der Waals surface area contributed by atoms with Gasteiger partial charge in [0, 0.05) is 5.56 Å². The highest BCUT2D eigenvalue weighted by Crippen LogP contribution is 2.09. The van der Waals surface area contributed by atoms with Gasteiger partial charge in [0.05, 0.1) is 23.7 Å². The first-order valence-corrected chi connectivity index (χ1v) is 8.22. The van der Waals surface area contributed by atoms with Crippen LogP contribution in [-0.4, -0.2) is 24.6 Å². The van der Waals surface area contributed by atoms with E-state index in [1.165, 1.54) is 12.5 Å². The van der Waals surface area contributed by atoms with E-state index in [1.807, 2.05) is 19.1 Å². The van der Waals surface area contributed by atoms with E-state index in [0.29, 0.717) is 16.5 Å². The minimum absolute atomic E-state index is 0.206. The number of para-hydroxylation sites is 1. The molecule has 0 fully saturated rings. The highest BCUT2D eigenvalue weighted by molar-refractivity contribution is 5.96. The zero-order valence-corrected chi connectivity index (χ0v) is 14.6. The Morgan fingerprint density at radius 1 is 1.11 bits per heavy atom. The fraction of sp³-hybridized carbons (Fsp3) is 0.100. The van der Waals surface area contributed by atoms with Crippen molar-refractivity contribution in [3.8, 4) is 0 Å². The molecule has 0 atom stereocenters. The summed E-state index contributed by atoms with van der Waals surface area (Å²) in [5, 5.41) is 6.66. The van der Waals surface area contributed by atoms with Gasteiger partial charge in [-0.3, -0.25) is 14.4 Å². The first-order valence-electron chi connectivity index (χ1n) is 8.22. The van der Waals surface area contributed by atoms with E-state index in [2.05, 4.69) is 15.8 Å². The van der Waals surface area contributed by atoms with Gasteiger partial charge in [0.1, 0.15) is 11.8 Å². The molecule has 136 valence electrons. The number of carbonyl (C=O) groups excluding carboxylic acids is 2. The van der Waals surface area contributed by atoms with Gasteiger partial charge in [-0.05, 0) is 31.2 Å². The molecule has 0 aliphatic rings. The molecule has 0 aliphatic carbocycles. The van der Waals surface area contributed by atoms with Gasteiger partial charge in [0.2, 0.25) is 5.43 Å². The highest BCUT2D eigenvalue weighted by atomic mass is 16.3. The second kappa shape index (κ2) is 8.09. The SMILES string of the molecule is Cc1ccc(C(=O)NCC(=O)N/N=C/c2coc3ccccc3c2=O)cc1. The Hall–Kier alpha value is -3.74. The molecule has 0 radical (unpaired) electrons. The molecule has 3 rings (SSSR count). The molecule has 1 aromatic heterocycles. The Kier molecular flexibility index (Phi) is 5.41. The van der Waals surface area contributed by atoms with E-state index in [0.717, 1.165) is 5.56 Å². The summed E-state index contributed by atoms with van der Waals surface area (Å²) in [7, 11) is 0. The number of hydrogen-bond donors (Lipinski definition) is 2. The summed E-state index contributed by atoms with van der Waals surface area (Å²) in [6.45, 7) is 1.68. The highest BCUT2D eigenvalue weighted by Gasteiger charge is 2.08. The summed E-state index contributed by atoms with van der Waals surface area (Å²) < 4.78 is 5.36. The number of aryl methyl sites for hydroxylation is 1. The molecule has 0 spiro atoms. The summed E-state index contributed by atoms with van der Waals surface area (Å²) in [6, 6.07) is 13.8. The quantitative estimate of drug-likeness (QED) is 0.535. The molecule has 2 amide bonds. The van der Waals surface area contributed by atoms with E-state index < -0.39 is 5.91 Å². The van der Waals surface area contributed by atoms with Gasteiger partial charge in [-0.2, -0.15) is 5.10 Å². The number of amides is 2. The third-order valence-electron chi connectivity index (χ3n) is 3.82. The smallest absolute Gasteiger partial charge is 0.259 e. The second-order valence-corrected chi connectivity index (χ2v) is 5.86. The van der Waals surface area contributed by atoms with E-state index >= 15 is 0 Å². The number of rotatable bonds is 5. The number of nitrogens with zero attached hydrogens (tertiary/aromatic N) is 1. The van der Waals surface area contributed by atoms with Crippen molar-refractivity contribution in [2.75, 3.05) is 6.54 Å². The summed E-state index contributed by atoms with van der Waals surface area (Å²) >= 11 is 0. The van der Waals surface area contributed by atoms with E-state index in [-0.39, 0.29) is 23.4 Å². The number of nitrogens with one attached hydrogen (secondary N) is 2. The largest absolute Gasteiger partial charge is 0.463 e. The van der Waals surface area contributed by atoms with Gasteiger partial charge in [-0.1, -0.05) is 29.8 Å². The third kappa shape index (κ3) is 4.46.